The van der Waals surface area contributed by atoms with Gasteiger partial charge in [0.15, 0.2) is 5.76 Å². The second-order valence-corrected chi connectivity index (χ2v) is 7.53. The van der Waals surface area contributed by atoms with Gasteiger partial charge >= 0.3 is 0 Å². The molecule has 1 aromatic heterocycles. The van der Waals surface area contributed by atoms with Crippen molar-refractivity contribution in [1.29, 1.82) is 0 Å². The molecule has 0 unspecified atom stereocenters. The van der Waals surface area contributed by atoms with E-state index in [1.165, 1.54) is 42.7 Å². The number of halogens is 1. The van der Waals surface area contributed by atoms with Gasteiger partial charge in [0.25, 0.3) is 5.91 Å². The molecule has 2 N–H and O–H groups in total. The van der Waals surface area contributed by atoms with Gasteiger partial charge in [-0.1, -0.05) is 24.3 Å². The highest BCUT2D eigenvalue weighted by Crippen LogP contribution is 2.13. The summed E-state index contributed by atoms with van der Waals surface area (Å²) < 4.78 is 45.6. The van der Waals surface area contributed by atoms with Crippen molar-refractivity contribution in [2.24, 2.45) is 0 Å². The quantitative estimate of drug-likeness (QED) is 0.651. The lowest BCUT2D eigenvalue weighted by Gasteiger charge is -2.09. The van der Waals surface area contributed by atoms with Crippen LogP contribution < -0.4 is 10.0 Å². The minimum absolute atomic E-state index is 0.0282. The summed E-state index contributed by atoms with van der Waals surface area (Å²) in [6.45, 7) is 0.117. The third kappa shape index (κ3) is 5.02. The Morgan fingerprint density at radius 2 is 1.70 bits per heavy atom. The zero-order valence-electron chi connectivity index (χ0n) is 14.2. The Bertz CT molecular complexity index is 1030. The standard InChI is InChI=1S/C19H17FN2O4S/c20-16-6-1-4-14(10-16)13-22-27(24,25)17-7-2-5-15(11-17)12-21-19(23)18-8-3-9-26-18/h1-11,22H,12-13H2,(H,21,23). The normalized spacial score (nSPS) is 11.3. The molecule has 140 valence electrons. The molecule has 0 aliphatic heterocycles. The highest BCUT2D eigenvalue weighted by atomic mass is 32.2. The number of rotatable bonds is 7. The molecule has 1 heterocycles. The third-order valence-electron chi connectivity index (χ3n) is 3.76. The van der Waals surface area contributed by atoms with Crippen LogP contribution in [0.25, 0.3) is 0 Å². The number of nitrogens with one attached hydrogen (secondary N) is 2. The zero-order valence-corrected chi connectivity index (χ0v) is 15.0. The van der Waals surface area contributed by atoms with Crippen LogP contribution in [0.4, 0.5) is 4.39 Å². The van der Waals surface area contributed by atoms with Crippen molar-refractivity contribution in [3.8, 4) is 0 Å². The maximum absolute atomic E-state index is 13.2. The van der Waals surface area contributed by atoms with Crippen molar-refractivity contribution >= 4 is 15.9 Å². The van der Waals surface area contributed by atoms with E-state index in [0.29, 0.717) is 11.1 Å². The van der Waals surface area contributed by atoms with E-state index >= 15 is 0 Å². The van der Waals surface area contributed by atoms with E-state index in [-0.39, 0.29) is 23.7 Å². The number of sulfonamides is 1. The second kappa shape index (κ2) is 8.15. The number of carbonyl (C=O) groups excluding carboxylic acids is 1. The molecule has 8 heteroatoms. The van der Waals surface area contributed by atoms with Gasteiger partial charge in [-0.15, -0.1) is 0 Å². The fourth-order valence-electron chi connectivity index (χ4n) is 2.41. The van der Waals surface area contributed by atoms with Gasteiger partial charge in [-0.3, -0.25) is 4.79 Å². The molecular weight excluding hydrogens is 371 g/mol. The van der Waals surface area contributed by atoms with Crippen LogP contribution in [0.3, 0.4) is 0 Å². The van der Waals surface area contributed by atoms with Crippen molar-refractivity contribution in [3.05, 3.63) is 89.6 Å². The molecule has 6 nitrogen and oxygen atoms in total. The molecular formula is C19H17FN2O4S. The molecule has 0 aliphatic rings. The monoisotopic (exact) mass is 388 g/mol. The van der Waals surface area contributed by atoms with E-state index in [2.05, 4.69) is 10.0 Å². The molecule has 2 aromatic carbocycles. The Morgan fingerprint density at radius 3 is 2.41 bits per heavy atom. The van der Waals surface area contributed by atoms with Crippen LogP contribution in [0.15, 0.2) is 76.2 Å². The summed E-state index contributed by atoms with van der Waals surface area (Å²) >= 11 is 0. The maximum Gasteiger partial charge on any atom is 0.287 e. The average Bonchev–Trinajstić information content (AvgIpc) is 3.20. The number of hydrogen-bond acceptors (Lipinski definition) is 4. The number of furan rings is 1. The Hall–Kier alpha value is -2.97. The largest absolute Gasteiger partial charge is 0.459 e. The van der Waals surface area contributed by atoms with Gasteiger partial charge < -0.3 is 9.73 Å². The van der Waals surface area contributed by atoms with Gasteiger partial charge in [-0.2, -0.15) is 0 Å². The molecule has 1 amide bonds. The van der Waals surface area contributed by atoms with Gasteiger partial charge in [0.1, 0.15) is 5.82 Å². The van der Waals surface area contributed by atoms with Crippen molar-refractivity contribution in [2.75, 3.05) is 0 Å². The summed E-state index contributed by atoms with van der Waals surface area (Å²) in [6, 6.07) is 15.1. The van der Waals surface area contributed by atoms with Crippen LogP contribution >= 0.6 is 0 Å². The number of amides is 1. The van der Waals surface area contributed by atoms with Crippen molar-refractivity contribution in [1.82, 2.24) is 10.0 Å². The molecule has 0 atom stereocenters. The Kier molecular flexibility index (Phi) is 5.68. The van der Waals surface area contributed by atoms with Crippen LogP contribution in [0.5, 0.6) is 0 Å². The fourth-order valence-corrected chi connectivity index (χ4v) is 3.50. The van der Waals surface area contributed by atoms with Crippen LogP contribution in [0.2, 0.25) is 0 Å². The minimum Gasteiger partial charge on any atom is -0.459 e. The molecule has 3 rings (SSSR count). The smallest absolute Gasteiger partial charge is 0.287 e. The lowest BCUT2D eigenvalue weighted by atomic mass is 10.2. The first-order chi connectivity index (χ1) is 12.9. The number of carbonyl (C=O) groups is 1. The summed E-state index contributed by atoms with van der Waals surface area (Å²) in [5.41, 5.74) is 1.13. The van der Waals surface area contributed by atoms with E-state index < -0.39 is 21.7 Å². The van der Waals surface area contributed by atoms with Gasteiger partial charge in [-0.05, 0) is 47.5 Å². The Morgan fingerprint density at radius 1 is 0.963 bits per heavy atom. The molecule has 0 radical (unpaired) electrons. The van der Waals surface area contributed by atoms with Gasteiger partial charge in [0.2, 0.25) is 10.0 Å². The zero-order chi connectivity index (χ0) is 19.3. The molecule has 3 aromatic rings. The van der Waals surface area contributed by atoms with Crippen LogP contribution in [0.1, 0.15) is 21.7 Å². The number of benzene rings is 2. The molecule has 0 saturated heterocycles. The van der Waals surface area contributed by atoms with E-state index in [1.807, 2.05) is 0 Å². The lowest BCUT2D eigenvalue weighted by molar-refractivity contribution is 0.0923. The van der Waals surface area contributed by atoms with E-state index in [4.69, 9.17) is 4.42 Å². The van der Waals surface area contributed by atoms with E-state index in [0.717, 1.165) is 0 Å². The summed E-state index contributed by atoms with van der Waals surface area (Å²) in [7, 11) is -3.78. The predicted molar refractivity (Wildman–Crippen MR) is 96.7 cm³/mol. The first-order valence-corrected chi connectivity index (χ1v) is 9.57. The Labute approximate surface area is 156 Å². The second-order valence-electron chi connectivity index (χ2n) is 5.76. The van der Waals surface area contributed by atoms with Crippen molar-refractivity contribution in [2.45, 2.75) is 18.0 Å². The summed E-state index contributed by atoms with van der Waals surface area (Å²) in [5.74, 6) is -0.644. The molecule has 27 heavy (non-hydrogen) atoms. The first kappa shape index (κ1) is 18.8. The van der Waals surface area contributed by atoms with E-state index in [1.54, 1.807) is 24.3 Å². The summed E-state index contributed by atoms with van der Waals surface area (Å²) in [4.78, 5) is 11.9. The molecule has 0 spiro atoms. The molecule has 0 fully saturated rings. The topological polar surface area (TPSA) is 88.4 Å². The predicted octanol–water partition coefficient (Wildman–Crippen LogP) is 2.83. The highest BCUT2D eigenvalue weighted by Gasteiger charge is 2.15. The van der Waals surface area contributed by atoms with Gasteiger partial charge in [0, 0.05) is 13.1 Å². The van der Waals surface area contributed by atoms with Crippen LogP contribution in [0, 0.1) is 5.82 Å². The maximum atomic E-state index is 13.2. The summed E-state index contributed by atoms with van der Waals surface area (Å²) in [6.07, 6.45) is 1.40. The number of hydrogen-bond donors (Lipinski definition) is 2. The SMILES string of the molecule is O=C(NCc1cccc(S(=O)(=O)NCc2cccc(F)c2)c1)c1ccco1. The fraction of sp³-hybridized carbons (Fsp3) is 0.105. The van der Waals surface area contributed by atoms with Gasteiger partial charge in [-0.25, -0.2) is 17.5 Å². The Balaban J connectivity index is 1.65. The first-order valence-electron chi connectivity index (χ1n) is 8.09. The van der Waals surface area contributed by atoms with Crippen LogP contribution in [-0.2, 0) is 23.1 Å². The van der Waals surface area contributed by atoms with Gasteiger partial charge in [0.05, 0.1) is 11.2 Å². The third-order valence-corrected chi connectivity index (χ3v) is 5.16. The molecule has 0 aliphatic carbocycles. The van der Waals surface area contributed by atoms with Crippen molar-refractivity contribution < 1.29 is 22.0 Å². The van der Waals surface area contributed by atoms with E-state index in [9.17, 15) is 17.6 Å². The van der Waals surface area contributed by atoms with Crippen LogP contribution in [-0.4, -0.2) is 14.3 Å². The highest BCUT2D eigenvalue weighted by molar-refractivity contribution is 7.89. The molecule has 0 bridgehead atoms. The molecule has 0 saturated carbocycles. The lowest BCUT2D eigenvalue weighted by Crippen LogP contribution is -2.24. The van der Waals surface area contributed by atoms with Crippen molar-refractivity contribution in [3.63, 3.8) is 0 Å². The minimum atomic E-state index is -3.78. The summed E-state index contributed by atoms with van der Waals surface area (Å²) in [5, 5.41) is 2.65. The average molecular weight is 388 g/mol.